The van der Waals surface area contributed by atoms with Gasteiger partial charge in [-0.25, -0.2) is 8.42 Å². The van der Waals surface area contributed by atoms with E-state index in [9.17, 15) is 18.5 Å². The van der Waals surface area contributed by atoms with E-state index < -0.39 is 20.6 Å². The maximum absolute atomic E-state index is 12.9. The van der Waals surface area contributed by atoms with Crippen molar-refractivity contribution in [2.45, 2.75) is 23.8 Å². The molecule has 0 spiro atoms. The molecule has 0 saturated carbocycles. The van der Waals surface area contributed by atoms with E-state index in [4.69, 9.17) is 15.2 Å². The van der Waals surface area contributed by atoms with Gasteiger partial charge in [-0.3, -0.25) is 10.1 Å². The summed E-state index contributed by atoms with van der Waals surface area (Å²) in [5.74, 6) is 0.377. The first-order valence-corrected chi connectivity index (χ1v) is 8.69. The van der Waals surface area contributed by atoms with Gasteiger partial charge in [0.05, 0.1) is 11.0 Å². The molecule has 1 saturated heterocycles. The lowest BCUT2D eigenvalue weighted by atomic mass is 10.2. The summed E-state index contributed by atoms with van der Waals surface area (Å²) in [5.41, 5.74) is 5.11. The topological polar surface area (TPSA) is 125 Å². The quantitative estimate of drug-likeness (QED) is 0.608. The lowest BCUT2D eigenvalue weighted by Gasteiger charge is -2.24. The number of ether oxygens (including phenoxy) is 2. The average Bonchev–Trinajstić information content (AvgIpc) is 3.03. The lowest BCUT2D eigenvalue weighted by Crippen LogP contribution is -2.40. The zero-order valence-electron chi connectivity index (χ0n) is 12.7. The van der Waals surface area contributed by atoms with Crippen LogP contribution in [-0.2, 0) is 10.0 Å². The van der Waals surface area contributed by atoms with Crippen molar-refractivity contribution in [2.75, 3.05) is 26.3 Å². The number of fused-ring (bicyclic) bond motifs is 1. The van der Waals surface area contributed by atoms with Crippen molar-refractivity contribution in [2.24, 2.45) is 5.73 Å². The number of nitrogens with two attached hydrogens (primary N) is 1. The third kappa shape index (κ3) is 3.14. The number of benzene rings is 1. The minimum Gasteiger partial charge on any atom is -0.486 e. The molecule has 0 aliphatic carbocycles. The first kappa shape index (κ1) is 18.7. The van der Waals surface area contributed by atoms with Crippen molar-refractivity contribution in [1.29, 1.82) is 0 Å². The first-order valence-electron chi connectivity index (χ1n) is 7.25. The third-order valence-electron chi connectivity index (χ3n) is 4.00. The smallest absolute Gasteiger partial charge is 0.293 e. The maximum atomic E-state index is 12.9. The van der Waals surface area contributed by atoms with E-state index in [0.717, 1.165) is 6.07 Å². The van der Waals surface area contributed by atoms with Gasteiger partial charge >= 0.3 is 0 Å². The highest BCUT2D eigenvalue weighted by atomic mass is 35.5. The van der Waals surface area contributed by atoms with E-state index in [2.05, 4.69) is 0 Å². The second-order valence-electron chi connectivity index (χ2n) is 5.37. The van der Waals surface area contributed by atoms with Gasteiger partial charge in [-0.2, -0.15) is 4.31 Å². The van der Waals surface area contributed by atoms with Crippen molar-refractivity contribution >= 4 is 28.1 Å². The number of hydrogen-bond donors (Lipinski definition) is 1. The second kappa shape index (κ2) is 7.09. The van der Waals surface area contributed by atoms with Gasteiger partial charge in [0.2, 0.25) is 10.0 Å². The van der Waals surface area contributed by atoms with Crippen molar-refractivity contribution in [3.8, 4) is 11.5 Å². The van der Waals surface area contributed by atoms with Crippen LogP contribution in [0.15, 0.2) is 17.0 Å². The lowest BCUT2D eigenvalue weighted by molar-refractivity contribution is -0.388. The Labute approximate surface area is 145 Å². The van der Waals surface area contributed by atoms with Crippen LogP contribution in [0.5, 0.6) is 11.5 Å². The molecule has 0 bridgehead atoms. The van der Waals surface area contributed by atoms with Crippen LogP contribution in [0.4, 0.5) is 5.69 Å². The van der Waals surface area contributed by atoms with Crippen LogP contribution in [0.1, 0.15) is 12.8 Å². The van der Waals surface area contributed by atoms with E-state index in [0.29, 0.717) is 19.4 Å². The van der Waals surface area contributed by atoms with E-state index in [1.54, 1.807) is 0 Å². The Bertz CT molecular complexity index is 741. The summed E-state index contributed by atoms with van der Waals surface area (Å²) < 4.78 is 37.7. The van der Waals surface area contributed by atoms with Crippen LogP contribution >= 0.6 is 12.4 Å². The number of hydrogen-bond acceptors (Lipinski definition) is 7. The Balaban J connectivity index is 0.00000208. The predicted octanol–water partition coefficient (Wildman–Crippen LogP) is 0.900. The summed E-state index contributed by atoms with van der Waals surface area (Å²) in [4.78, 5) is 10.2. The number of nitro benzene ring substituents is 1. The predicted molar refractivity (Wildman–Crippen MR) is 87.3 cm³/mol. The van der Waals surface area contributed by atoms with Crippen LogP contribution in [-0.4, -0.2) is 50.0 Å². The van der Waals surface area contributed by atoms with Crippen molar-refractivity contribution in [1.82, 2.24) is 4.31 Å². The molecule has 11 heteroatoms. The molecular weight excluding hydrogens is 362 g/mol. The first-order chi connectivity index (χ1) is 10.9. The standard InChI is InChI=1S/C13H17N3O6S.ClH/c14-8-9-2-1-3-15(9)23(19,20)13-7-12-11(21-4-5-22-12)6-10(13)16(17)18;/h6-7,9H,1-5,8,14H2;1H. The van der Waals surface area contributed by atoms with E-state index in [1.165, 1.54) is 10.4 Å². The molecule has 0 amide bonds. The summed E-state index contributed by atoms with van der Waals surface area (Å²) >= 11 is 0. The molecule has 1 aromatic rings. The van der Waals surface area contributed by atoms with Gasteiger partial charge < -0.3 is 15.2 Å². The fourth-order valence-electron chi connectivity index (χ4n) is 2.90. The Morgan fingerprint density at radius 2 is 1.92 bits per heavy atom. The van der Waals surface area contributed by atoms with E-state index in [-0.39, 0.29) is 54.6 Å². The Morgan fingerprint density at radius 3 is 2.50 bits per heavy atom. The molecule has 1 unspecified atom stereocenters. The number of rotatable bonds is 4. The summed E-state index contributed by atoms with van der Waals surface area (Å²) in [6, 6.07) is 1.94. The van der Waals surface area contributed by atoms with Gasteiger partial charge in [-0.1, -0.05) is 0 Å². The molecule has 1 atom stereocenters. The Kier molecular flexibility index (Phi) is 5.53. The average molecular weight is 380 g/mol. The van der Waals surface area contributed by atoms with Gasteiger partial charge in [0.15, 0.2) is 16.4 Å². The van der Waals surface area contributed by atoms with Gasteiger partial charge in [-0.15, -0.1) is 12.4 Å². The van der Waals surface area contributed by atoms with Crippen LogP contribution in [0.3, 0.4) is 0 Å². The van der Waals surface area contributed by atoms with Crippen LogP contribution in [0.25, 0.3) is 0 Å². The van der Waals surface area contributed by atoms with Crippen molar-refractivity contribution < 1.29 is 22.8 Å². The van der Waals surface area contributed by atoms with Crippen molar-refractivity contribution in [3.05, 3.63) is 22.2 Å². The summed E-state index contributed by atoms with van der Waals surface area (Å²) in [6.07, 6.45) is 1.33. The van der Waals surface area contributed by atoms with E-state index >= 15 is 0 Å². The number of halogens is 1. The van der Waals surface area contributed by atoms with Crippen LogP contribution < -0.4 is 15.2 Å². The van der Waals surface area contributed by atoms with E-state index in [1.807, 2.05) is 0 Å². The minimum atomic E-state index is -4.03. The molecule has 3 rings (SSSR count). The molecule has 24 heavy (non-hydrogen) atoms. The normalized spacial score (nSPS) is 20.5. The fourth-order valence-corrected chi connectivity index (χ4v) is 4.76. The monoisotopic (exact) mass is 379 g/mol. The van der Waals surface area contributed by atoms with Crippen LogP contribution in [0.2, 0.25) is 0 Å². The molecule has 0 radical (unpaired) electrons. The molecule has 1 fully saturated rings. The molecule has 2 aliphatic rings. The molecule has 2 heterocycles. The van der Waals surface area contributed by atoms with Gasteiger partial charge in [0, 0.05) is 25.2 Å². The Morgan fingerprint density at radius 1 is 1.29 bits per heavy atom. The van der Waals surface area contributed by atoms with Gasteiger partial charge in [0.25, 0.3) is 5.69 Å². The van der Waals surface area contributed by atoms with Gasteiger partial charge in [-0.05, 0) is 12.8 Å². The SMILES string of the molecule is Cl.NCC1CCCN1S(=O)(=O)c1cc2c(cc1[N+](=O)[O-])OCCO2. The molecule has 1 aromatic carbocycles. The molecule has 134 valence electrons. The van der Waals surface area contributed by atoms with Crippen molar-refractivity contribution in [3.63, 3.8) is 0 Å². The zero-order chi connectivity index (χ0) is 16.6. The molecule has 2 N–H and O–H groups in total. The summed E-state index contributed by atoms with van der Waals surface area (Å²) in [7, 11) is -4.03. The summed E-state index contributed by atoms with van der Waals surface area (Å²) in [5, 5.41) is 11.3. The number of nitro groups is 1. The maximum Gasteiger partial charge on any atom is 0.293 e. The van der Waals surface area contributed by atoms with Crippen LogP contribution in [0, 0.1) is 10.1 Å². The third-order valence-corrected chi connectivity index (χ3v) is 5.98. The molecule has 9 nitrogen and oxygen atoms in total. The fraction of sp³-hybridized carbons (Fsp3) is 0.538. The highest BCUT2D eigenvalue weighted by Crippen LogP contribution is 2.40. The molecular formula is C13H18ClN3O6S. The highest BCUT2D eigenvalue weighted by molar-refractivity contribution is 7.89. The number of sulfonamides is 1. The number of nitrogens with zero attached hydrogens (tertiary/aromatic N) is 2. The Hall–Kier alpha value is -1.62. The highest BCUT2D eigenvalue weighted by Gasteiger charge is 2.39. The molecule has 2 aliphatic heterocycles. The zero-order valence-corrected chi connectivity index (χ0v) is 14.3. The largest absolute Gasteiger partial charge is 0.486 e. The molecule has 0 aromatic heterocycles. The van der Waals surface area contributed by atoms with Gasteiger partial charge in [0.1, 0.15) is 13.2 Å². The minimum absolute atomic E-state index is 0. The summed E-state index contributed by atoms with van der Waals surface area (Å²) in [6.45, 7) is 1.00. The second-order valence-corrected chi connectivity index (χ2v) is 7.23.